The molecule has 1 N–H and O–H groups in total. The molecule has 0 spiro atoms. The van der Waals surface area contributed by atoms with Crippen molar-refractivity contribution in [2.75, 3.05) is 18.1 Å². The molecule has 3 heteroatoms. The molecule has 0 aliphatic rings. The molecule has 0 aliphatic carbocycles. The zero-order valence-corrected chi connectivity index (χ0v) is 8.17. The Kier molecular flexibility index (Phi) is 5.68. The van der Waals surface area contributed by atoms with Gasteiger partial charge >= 0.3 is 0 Å². The Labute approximate surface area is 74.0 Å². The molecule has 0 radical (unpaired) electrons. The average Bonchev–Trinajstić information content (AvgIpc) is 2.01. The second kappa shape index (κ2) is 5.33. The van der Waals surface area contributed by atoms with Gasteiger partial charge in [-0.1, -0.05) is 13.3 Å². The maximum Gasteiger partial charge on any atom is 0.0503 e. The van der Waals surface area contributed by atoms with Gasteiger partial charge in [-0.2, -0.15) is 25.3 Å². The summed E-state index contributed by atoms with van der Waals surface area (Å²) in [6.07, 6.45) is 2.10. The van der Waals surface area contributed by atoms with Gasteiger partial charge < -0.3 is 5.11 Å². The molecular formula is C7H16OS2. The summed E-state index contributed by atoms with van der Waals surface area (Å²) in [6.45, 7) is 2.31. The van der Waals surface area contributed by atoms with Crippen LogP contribution < -0.4 is 0 Å². The van der Waals surface area contributed by atoms with Crippen molar-refractivity contribution in [3.8, 4) is 0 Å². The molecule has 0 bridgehead atoms. The third kappa shape index (κ3) is 2.72. The van der Waals surface area contributed by atoms with Crippen molar-refractivity contribution in [2.24, 2.45) is 5.41 Å². The summed E-state index contributed by atoms with van der Waals surface area (Å²) in [5.74, 6) is 1.45. The molecule has 0 saturated heterocycles. The van der Waals surface area contributed by atoms with Gasteiger partial charge in [-0.15, -0.1) is 0 Å². The molecule has 1 nitrogen and oxygen atoms in total. The van der Waals surface area contributed by atoms with E-state index in [-0.39, 0.29) is 12.0 Å². The standard InChI is InChI=1S/C7H16OS2/c1-2-3-7(4-8,5-9)6-10/h8-10H,2-6H2,1H3. The summed E-state index contributed by atoms with van der Waals surface area (Å²) >= 11 is 8.37. The van der Waals surface area contributed by atoms with Gasteiger partial charge in [-0.25, -0.2) is 0 Å². The fraction of sp³-hybridized carbons (Fsp3) is 1.00. The highest BCUT2D eigenvalue weighted by molar-refractivity contribution is 7.81. The Balaban J connectivity index is 3.87. The molecule has 0 aromatic rings. The first kappa shape index (κ1) is 10.7. The van der Waals surface area contributed by atoms with Gasteiger partial charge in [0, 0.05) is 5.41 Å². The van der Waals surface area contributed by atoms with Gasteiger partial charge in [-0.3, -0.25) is 0 Å². The lowest BCUT2D eigenvalue weighted by Crippen LogP contribution is -2.29. The summed E-state index contributed by atoms with van der Waals surface area (Å²) in [5, 5.41) is 9.01. The summed E-state index contributed by atoms with van der Waals surface area (Å²) < 4.78 is 0. The number of thiol groups is 2. The molecule has 0 atom stereocenters. The topological polar surface area (TPSA) is 20.2 Å². The lowest BCUT2D eigenvalue weighted by Gasteiger charge is -2.27. The minimum atomic E-state index is -0.0407. The third-order valence-corrected chi connectivity index (χ3v) is 3.13. The monoisotopic (exact) mass is 180 g/mol. The van der Waals surface area contributed by atoms with Gasteiger partial charge in [0.2, 0.25) is 0 Å². The van der Waals surface area contributed by atoms with E-state index < -0.39 is 0 Å². The molecule has 0 rings (SSSR count). The fourth-order valence-electron chi connectivity index (χ4n) is 0.918. The lowest BCUT2D eigenvalue weighted by molar-refractivity contribution is 0.158. The maximum atomic E-state index is 9.01. The van der Waals surface area contributed by atoms with Crippen LogP contribution in [0.1, 0.15) is 19.8 Å². The van der Waals surface area contributed by atoms with Crippen LogP contribution in [0.15, 0.2) is 0 Å². The van der Waals surface area contributed by atoms with Crippen LogP contribution in [0.4, 0.5) is 0 Å². The largest absolute Gasteiger partial charge is 0.396 e. The van der Waals surface area contributed by atoms with Crippen LogP contribution in [0.5, 0.6) is 0 Å². The van der Waals surface area contributed by atoms with Crippen molar-refractivity contribution in [2.45, 2.75) is 19.8 Å². The highest BCUT2D eigenvalue weighted by Crippen LogP contribution is 2.25. The van der Waals surface area contributed by atoms with Crippen molar-refractivity contribution in [3.05, 3.63) is 0 Å². The number of aliphatic hydroxyl groups is 1. The Morgan fingerprint density at radius 3 is 1.90 bits per heavy atom. The van der Waals surface area contributed by atoms with E-state index in [1.165, 1.54) is 0 Å². The minimum Gasteiger partial charge on any atom is -0.396 e. The Morgan fingerprint density at radius 2 is 1.80 bits per heavy atom. The van der Waals surface area contributed by atoms with E-state index in [4.69, 9.17) is 5.11 Å². The Bertz CT molecular complexity index is 73.4. The van der Waals surface area contributed by atoms with Gasteiger partial charge in [0.1, 0.15) is 0 Å². The third-order valence-electron chi connectivity index (χ3n) is 1.79. The van der Waals surface area contributed by atoms with Gasteiger partial charge in [0.25, 0.3) is 0 Å². The van der Waals surface area contributed by atoms with Crippen molar-refractivity contribution >= 4 is 25.3 Å². The van der Waals surface area contributed by atoms with Gasteiger partial charge in [0.15, 0.2) is 0 Å². The molecule has 0 aromatic heterocycles. The number of hydrogen-bond acceptors (Lipinski definition) is 3. The smallest absolute Gasteiger partial charge is 0.0503 e. The molecular weight excluding hydrogens is 164 g/mol. The van der Waals surface area contributed by atoms with E-state index in [9.17, 15) is 0 Å². The van der Waals surface area contributed by atoms with E-state index in [2.05, 4.69) is 32.2 Å². The van der Waals surface area contributed by atoms with Crippen LogP contribution in [0.3, 0.4) is 0 Å². The van der Waals surface area contributed by atoms with Crippen LogP contribution in [-0.2, 0) is 0 Å². The molecule has 10 heavy (non-hydrogen) atoms. The fourth-order valence-corrected chi connectivity index (χ4v) is 1.83. The highest BCUT2D eigenvalue weighted by Gasteiger charge is 2.24. The van der Waals surface area contributed by atoms with Crippen LogP contribution in [0.2, 0.25) is 0 Å². The van der Waals surface area contributed by atoms with Crippen LogP contribution >= 0.6 is 25.3 Å². The minimum absolute atomic E-state index is 0.0407. The van der Waals surface area contributed by atoms with E-state index in [0.29, 0.717) is 0 Å². The molecule has 0 heterocycles. The Hall–Kier alpha value is 0.660. The number of aliphatic hydroxyl groups excluding tert-OH is 1. The zero-order valence-electron chi connectivity index (χ0n) is 6.38. The lowest BCUT2D eigenvalue weighted by atomic mass is 9.89. The molecule has 0 aromatic carbocycles. The van der Waals surface area contributed by atoms with Gasteiger partial charge in [-0.05, 0) is 17.9 Å². The summed E-state index contributed by atoms with van der Waals surface area (Å²) in [6, 6.07) is 0. The van der Waals surface area contributed by atoms with E-state index in [0.717, 1.165) is 24.3 Å². The first-order valence-corrected chi connectivity index (χ1v) is 4.83. The van der Waals surface area contributed by atoms with Crippen molar-refractivity contribution in [1.82, 2.24) is 0 Å². The van der Waals surface area contributed by atoms with E-state index in [1.54, 1.807) is 0 Å². The zero-order chi connectivity index (χ0) is 8.04. The molecule has 0 aliphatic heterocycles. The van der Waals surface area contributed by atoms with Crippen molar-refractivity contribution in [1.29, 1.82) is 0 Å². The normalized spacial score (nSPS) is 12.0. The first-order valence-electron chi connectivity index (χ1n) is 3.57. The van der Waals surface area contributed by atoms with Crippen LogP contribution in [-0.4, -0.2) is 23.2 Å². The van der Waals surface area contributed by atoms with Crippen LogP contribution in [0, 0.1) is 5.41 Å². The second-order valence-electron chi connectivity index (χ2n) is 2.72. The highest BCUT2D eigenvalue weighted by atomic mass is 32.1. The van der Waals surface area contributed by atoms with Crippen molar-refractivity contribution in [3.63, 3.8) is 0 Å². The predicted octanol–water partition coefficient (Wildman–Crippen LogP) is 1.62. The molecule has 0 unspecified atom stereocenters. The quantitative estimate of drug-likeness (QED) is 0.549. The molecule has 0 fully saturated rings. The number of hydrogen-bond donors (Lipinski definition) is 3. The van der Waals surface area contributed by atoms with E-state index in [1.807, 2.05) is 0 Å². The summed E-state index contributed by atoms with van der Waals surface area (Å²) in [5.41, 5.74) is -0.0407. The predicted molar refractivity (Wildman–Crippen MR) is 52.1 cm³/mol. The summed E-state index contributed by atoms with van der Waals surface area (Å²) in [4.78, 5) is 0. The van der Waals surface area contributed by atoms with E-state index >= 15 is 0 Å². The average molecular weight is 180 g/mol. The maximum absolute atomic E-state index is 9.01. The first-order chi connectivity index (χ1) is 4.74. The van der Waals surface area contributed by atoms with Gasteiger partial charge in [0.05, 0.1) is 6.61 Å². The van der Waals surface area contributed by atoms with Crippen molar-refractivity contribution < 1.29 is 5.11 Å². The second-order valence-corrected chi connectivity index (χ2v) is 3.36. The molecule has 0 amide bonds. The SMILES string of the molecule is CCCC(CO)(CS)CS. The Morgan fingerprint density at radius 1 is 1.30 bits per heavy atom. The number of rotatable bonds is 5. The summed E-state index contributed by atoms with van der Waals surface area (Å²) in [7, 11) is 0. The molecule has 0 saturated carbocycles. The molecule has 62 valence electrons. The van der Waals surface area contributed by atoms with Crippen LogP contribution in [0.25, 0.3) is 0 Å².